The molecule has 0 amide bonds. The van der Waals surface area contributed by atoms with Crippen molar-refractivity contribution < 1.29 is 13.3 Å². The Morgan fingerprint density at radius 3 is 2.32 bits per heavy atom. The van der Waals surface area contributed by atoms with Gasteiger partial charge in [-0.2, -0.15) is 4.31 Å². The second-order valence-corrected chi connectivity index (χ2v) is 5.66. The molecule has 0 heterocycles. The molecule has 0 bridgehead atoms. The van der Waals surface area contributed by atoms with Gasteiger partial charge in [-0.15, -0.1) is 0 Å². The molecule has 1 aromatic carbocycles. The average Bonchev–Trinajstić information content (AvgIpc) is 2.38. The minimum Gasteiger partial charge on any atom is -0.383 e. The van der Waals surface area contributed by atoms with Crippen LogP contribution in [0, 0.1) is 10.1 Å². The largest absolute Gasteiger partial charge is 0.383 e. The third kappa shape index (κ3) is 2.85. The van der Waals surface area contributed by atoms with Crippen LogP contribution < -0.4 is 5.32 Å². The number of hydrogen-bond acceptors (Lipinski definition) is 5. The van der Waals surface area contributed by atoms with Crippen LogP contribution in [0.5, 0.6) is 0 Å². The lowest BCUT2D eigenvalue weighted by atomic mass is 10.3. The Labute approximate surface area is 112 Å². The second kappa shape index (κ2) is 5.98. The van der Waals surface area contributed by atoms with E-state index in [0.717, 1.165) is 0 Å². The Kier molecular flexibility index (Phi) is 4.84. The smallest absolute Gasteiger partial charge is 0.312 e. The van der Waals surface area contributed by atoms with Gasteiger partial charge in [-0.05, 0) is 12.1 Å². The number of anilines is 1. The van der Waals surface area contributed by atoms with E-state index in [1.165, 1.54) is 29.6 Å². The lowest BCUT2D eigenvalue weighted by Crippen LogP contribution is -2.31. The fraction of sp³-hybridized carbons (Fsp3) is 0.455. The fourth-order valence-corrected chi connectivity index (χ4v) is 3.46. The molecule has 0 atom stereocenters. The molecule has 19 heavy (non-hydrogen) atoms. The Bertz CT molecular complexity index is 567. The van der Waals surface area contributed by atoms with E-state index >= 15 is 0 Å². The third-order valence-electron chi connectivity index (χ3n) is 2.77. The van der Waals surface area contributed by atoms with Gasteiger partial charge in [-0.3, -0.25) is 10.1 Å². The number of hydrogen-bond donors (Lipinski definition) is 1. The number of nitrogens with one attached hydrogen (secondary N) is 1. The number of nitrogens with zero attached hydrogens (tertiary/aromatic N) is 2. The first-order valence-electron chi connectivity index (χ1n) is 5.85. The molecule has 0 unspecified atom stereocenters. The summed E-state index contributed by atoms with van der Waals surface area (Å²) in [5.74, 6) is 0. The highest BCUT2D eigenvalue weighted by Gasteiger charge is 2.32. The zero-order valence-corrected chi connectivity index (χ0v) is 11.9. The molecule has 0 saturated heterocycles. The van der Waals surface area contributed by atoms with Crippen LogP contribution in [0.2, 0.25) is 0 Å². The van der Waals surface area contributed by atoms with E-state index in [0.29, 0.717) is 0 Å². The van der Waals surface area contributed by atoms with Crippen molar-refractivity contribution in [3.05, 3.63) is 28.3 Å². The van der Waals surface area contributed by atoms with Gasteiger partial charge in [0.1, 0.15) is 5.69 Å². The summed E-state index contributed by atoms with van der Waals surface area (Å²) >= 11 is 0. The first kappa shape index (κ1) is 15.4. The van der Waals surface area contributed by atoms with Crippen molar-refractivity contribution in [2.75, 3.05) is 25.5 Å². The van der Waals surface area contributed by atoms with Crippen LogP contribution in [0.25, 0.3) is 0 Å². The molecule has 0 aliphatic carbocycles. The van der Waals surface area contributed by atoms with Crippen molar-refractivity contribution in [2.45, 2.75) is 18.7 Å². The quantitative estimate of drug-likeness (QED) is 0.634. The molecule has 0 aliphatic heterocycles. The summed E-state index contributed by atoms with van der Waals surface area (Å²) in [4.78, 5) is 10.2. The van der Waals surface area contributed by atoms with E-state index in [1.54, 1.807) is 13.8 Å². The molecule has 0 saturated carbocycles. The molecular weight excluding hydrogens is 270 g/mol. The van der Waals surface area contributed by atoms with Crippen LogP contribution in [0.1, 0.15) is 13.8 Å². The number of nitro groups is 1. The Morgan fingerprint density at radius 1 is 1.32 bits per heavy atom. The highest BCUT2D eigenvalue weighted by Crippen LogP contribution is 2.33. The summed E-state index contributed by atoms with van der Waals surface area (Å²) < 4.78 is 26.0. The minimum atomic E-state index is -3.86. The van der Waals surface area contributed by atoms with E-state index in [9.17, 15) is 18.5 Å². The van der Waals surface area contributed by atoms with Gasteiger partial charge in [-0.25, -0.2) is 8.42 Å². The number of para-hydroxylation sites is 1. The van der Waals surface area contributed by atoms with Crippen LogP contribution in [-0.4, -0.2) is 37.8 Å². The SMILES string of the molecule is CCN(CC)S(=O)(=O)c1cccc(NC)c1[N+](=O)[O-]. The number of rotatable bonds is 6. The summed E-state index contributed by atoms with van der Waals surface area (Å²) in [6, 6.07) is 4.21. The average molecular weight is 287 g/mol. The highest BCUT2D eigenvalue weighted by molar-refractivity contribution is 7.89. The van der Waals surface area contributed by atoms with Gasteiger partial charge in [-0.1, -0.05) is 19.9 Å². The molecule has 8 heteroatoms. The van der Waals surface area contributed by atoms with E-state index in [4.69, 9.17) is 0 Å². The highest BCUT2D eigenvalue weighted by atomic mass is 32.2. The first-order chi connectivity index (χ1) is 8.89. The summed E-state index contributed by atoms with van der Waals surface area (Å²) in [6.45, 7) is 3.91. The van der Waals surface area contributed by atoms with Crippen molar-refractivity contribution in [1.29, 1.82) is 0 Å². The van der Waals surface area contributed by atoms with Gasteiger partial charge in [0.25, 0.3) is 0 Å². The summed E-state index contributed by atoms with van der Waals surface area (Å²) in [6.07, 6.45) is 0. The van der Waals surface area contributed by atoms with Crippen molar-refractivity contribution in [1.82, 2.24) is 4.31 Å². The van der Waals surface area contributed by atoms with Crippen molar-refractivity contribution in [2.24, 2.45) is 0 Å². The van der Waals surface area contributed by atoms with E-state index in [-0.39, 0.29) is 23.7 Å². The normalized spacial score (nSPS) is 11.6. The monoisotopic (exact) mass is 287 g/mol. The molecule has 1 N–H and O–H groups in total. The Morgan fingerprint density at radius 2 is 1.89 bits per heavy atom. The summed E-state index contributed by atoms with van der Waals surface area (Å²) in [7, 11) is -2.35. The number of sulfonamides is 1. The van der Waals surface area contributed by atoms with Crippen molar-refractivity contribution >= 4 is 21.4 Å². The maximum Gasteiger partial charge on any atom is 0.312 e. The zero-order valence-electron chi connectivity index (χ0n) is 11.1. The van der Waals surface area contributed by atoms with Crippen LogP contribution in [0.15, 0.2) is 23.1 Å². The molecule has 0 spiro atoms. The van der Waals surface area contributed by atoms with Crippen LogP contribution in [-0.2, 0) is 10.0 Å². The van der Waals surface area contributed by atoms with Crippen molar-refractivity contribution in [3.8, 4) is 0 Å². The summed E-state index contributed by atoms with van der Waals surface area (Å²) in [5, 5.41) is 13.8. The Hall–Kier alpha value is -1.67. The summed E-state index contributed by atoms with van der Waals surface area (Å²) in [5.41, 5.74) is -0.241. The maximum absolute atomic E-state index is 12.4. The van der Waals surface area contributed by atoms with E-state index < -0.39 is 20.6 Å². The predicted octanol–water partition coefficient (Wildman–Crippen LogP) is 1.67. The predicted molar refractivity (Wildman–Crippen MR) is 72.7 cm³/mol. The van der Waals surface area contributed by atoms with Crippen LogP contribution in [0.3, 0.4) is 0 Å². The molecule has 0 aliphatic rings. The van der Waals surface area contributed by atoms with Gasteiger partial charge < -0.3 is 5.32 Å². The molecule has 7 nitrogen and oxygen atoms in total. The van der Waals surface area contributed by atoms with Gasteiger partial charge in [0.05, 0.1) is 4.92 Å². The number of benzene rings is 1. The van der Waals surface area contributed by atoms with Gasteiger partial charge in [0, 0.05) is 20.1 Å². The maximum atomic E-state index is 12.4. The molecule has 106 valence electrons. The van der Waals surface area contributed by atoms with Crippen LogP contribution in [0.4, 0.5) is 11.4 Å². The van der Waals surface area contributed by atoms with E-state index in [1.807, 2.05) is 0 Å². The van der Waals surface area contributed by atoms with Crippen molar-refractivity contribution in [3.63, 3.8) is 0 Å². The third-order valence-corrected chi connectivity index (χ3v) is 4.86. The number of nitro benzene ring substituents is 1. The van der Waals surface area contributed by atoms with Crippen LogP contribution >= 0.6 is 0 Å². The van der Waals surface area contributed by atoms with Gasteiger partial charge >= 0.3 is 5.69 Å². The fourth-order valence-electron chi connectivity index (χ4n) is 1.82. The minimum absolute atomic E-state index is 0.179. The second-order valence-electron chi connectivity index (χ2n) is 3.75. The van der Waals surface area contributed by atoms with Gasteiger partial charge in [0.15, 0.2) is 4.90 Å². The molecule has 0 radical (unpaired) electrons. The molecular formula is C11H17N3O4S. The standard InChI is InChI=1S/C11H17N3O4S/c1-4-13(5-2)19(17,18)10-8-6-7-9(12-3)11(10)14(15)16/h6-8,12H,4-5H2,1-3H3. The molecule has 0 aromatic heterocycles. The lowest BCUT2D eigenvalue weighted by molar-refractivity contribution is -0.386. The first-order valence-corrected chi connectivity index (χ1v) is 7.29. The molecule has 1 rings (SSSR count). The Balaban J connectivity index is 3.55. The van der Waals surface area contributed by atoms with E-state index in [2.05, 4.69) is 5.32 Å². The zero-order chi connectivity index (χ0) is 14.6. The molecule has 0 fully saturated rings. The van der Waals surface area contributed by atoms with Gasteiger partial charge in [0.2, 0.25) is 10.0 Å². The lowest BCUT2D eigenvalue weighted by Gasteiger charge is -2.18. The topological polar surface area (TPSA) is 92.6 Å². The molecule has 1 aromatic rings.